The Morgan fingerprint density at radius 1 is 1.05 bits per heavy atom. The average Bonchev–Trinajstić information content (AvgIpc) is 3.43. The van der Waals surface area contributed by atoms with Gasteiger partial charge in [0, 0.05) is 35.3 Å². The molecule has 0 spiro atoms. The second-order valence-electron chi connectivity index (χ2n) is 9.03. The summed E-state index contributed by atoms with van der Waals surface area (Å²) in [5.41, 5.74) is 4.51. The van der Waals surface area contributed by atoms with Crippen molar-refractivity contribution in [2.45, 2.75) is 18.8 Å². The number of nitrogens with zero attached hydrogens (tertiary/aromatic N) is 3. The van der Waals surface area contributed by atoms with Crippen molar-refractivity contribution in [3.8, 4) is 28.3 Å². The summed E-state index contributed by atoms with van der Waals surface area (Å²) in [7, 11) is 1.58. The Balaban J connectivity index is 1.49. The van der Waals surface area contributed by atoms with Gasteiger partial charge in [-0.15, -0.1) is 11.3 Å². The molecule has 0 radical (unpaired) electrons. The number of ether oxygens (including phenoxy) is 1. The summed E-state index contributed by atoms with van der Waals surface area (Å²) in [5.74, 6) is -1.61. The SMILES string of the molecule is COc1ccc(-c2ccccc2-c2csc(N3CC=CC[C@H](c4ccccc4)[C@H](CC(=O)O)C3=O)n2)cn1. The van der Waals surface area contributed by atoms with Crippen LogP contribution < -0.4 is 9.64 Å². The van der Waals surface area contributed by atoms with Crippen LogP contribution in [0, 0.1) is 5.92 Å². The Labute approximate surface area is 225 Å². The van der Waals surface area contributed by atoms with Crippen LogP contribution >= 0.6 is 11.3 Å². The highest BCUT2D eigenvalue weighted by Crippen LogP contribution is 2.38. The zero-order chi connectivity index (χ0) is 26.5. The Morgan fingerprint density at radius 2 is 1.82 bits per heavy atom. The van der Waals surface area contributed by atoms with Crippen LogP contribution in [0.2, 0.25) is 0 Å². The molecule has 0 fully saturated rings. The minimum Gasteiger partial charge on any atom is -0.481 e. The van der Waals surface area contributed by atoms with Crippen molar-refractivity contribution < 1.29 is 19.4 Å². The van der Waals surface area contributed by atoms with E-state index in [-0.39, 0.29) is 18.2 Å². The molecule has 38 heavy (non-hydrogen) atoms. The molecule has 1 aliphatic rings. The van der Waals surface area contributed by atoms with Gasteiger partial charge >= 0.3 is 5.97 Å². The summed E-state index contributed by atoms with van der Waals surface area (Å²) < 4.78 is 5.19. The largest absolute Gasteiger partial charge is 0.481 e. The highest BCUT2D eigenvalue weighted by atomic mass is 32.1. The molecule has 0 saturated heterocycles. The molecule has 8 heteroatoms. The van der Waals surface area contributed by atoms with Crippen LogP contribution in [0.25, 0.3) is 22.4 Å². The van der Waals surface area contributed by atoms with Gasteiger partial charge in [-0.05, 0) is 29.5 Å². The molecule has 5 rings (SSSR count). The van der Waals surface area contributed by atoms with Gasteiger partial charge in [-0.3, -0.25) is 14.5 Å². The van der Waals surface area contributed by atoms with Gasteiger partial charge in [0.05, 0.1) is 25.1 Å². The van der Waals surface area contributed by atoms with Crippen molar-refractivity contribution in [1.82, 2.24) is 9.97 Å². The fraction of sp³-hybridized carbons (Fsp3) is 0.200. The van der Waals surface area contributed by atoms with E-state index in [1.54, 1.807) is 18.2 Å². The first-order chi connectivity index (χ1) is 18.5. The quantitative estimate of drug-likeness (QED) is 0.295. The molecule has 7 nitrogen and oxygen atoms in total. The molecule has 1 aliphatic heterocycles. The summed E-state index contributed by atoms with van der Waals surface area (Å²) in [6.45, 7) is 0.341. The van der Waals surface area contributed by atoms with E-state index in [4.69, 9.17) is 9.72 Å². The van der Waals surface area contributed by atoms with Crippen LogP contribution in [-0.4, -0.2) is 40.6 Å². The number of carbonyl (C=O) groups is 2. The fourth-order valence-corrected chi connectivity index (χ4v) is 5.68. The molecule has 1 N–H and O–H groups in total. The number of carbonyl (C=O) groups excluding carboxylic acids is 1. The van der Waals surface area contributed by atoms with E-state index < -0.39 is 11.9 Å². The molecule has 2 atom stereocenters. The number of methoxy groups -OCH3 is 1. The molecule has 192 valence electrons. The number of aliphatic carboxylic acids is 1. The average molecular weight is 526 g/mol. The maximum atomic E-state index is 13.9. The van der Waals surface area contributed by atoms with Crippen LogP contribution in [0.4, 0.5) is 5.13 Å². The molecule has 4 aromatic rings. The number of hydrogen-bond acceptors (Lipinski definition) is 6. The predicted molar refractivity (Wildman–Crippen MR) is 148 cm³/mol. The van der Waals surface area contributed by atoms with Crippen LogP contribution in [0.3, 0.4) is 0 Å². The van der Waals surface area contributed by atoms with Crippen molar-refractivity contribution in [2.24, 2.45) is 5.92 Å². The van der Waals surface area contributed by atoms with E-state index in [0.717, 1.165) is 27.9 Å². The van der Waals surface area contributed by atoms with E-state index >= 15 is 0 Å². The van der Waals surface area contributed by atoms with Crippen molar-refractivity contribution in [1.29, 1.82) is 0 Å². The minimum atomic E-state index is -0.990. The number of carboxylic acid groups (broad SMARTS) is 1. The molecule has 2 aromatic carbocycles. The number of pyridine rings is 1. The number of anilines is 1. The van der Waals surface area contributed by atoms with Crippen LogP contribution in [-0.2, 0) is 9.59 Å². The van der Waals surface area contributed by atoms with Crippen molar-refractivity contribution >= 4 is 28.3 Å². The second kappa shape index (κ2) is 11.4. The topological polar surface area (TPSA) is 92.6 Å². The predicted octanol–water partition coefficient (Wildman–Crippen LogP) is 6.05. The molecular formula is C30H27N3O4S. The number of amides is 1. The van der Waals surface area contributed by atoms with E-state index in [0.29, 0.717) is 24.0 Å². The molecule has 2 aromatic heterocycles. The van der Waals surface area contributed by atoms with E-state index in [1.807, 2.05) is 84.3 Å². The number of benzene rings is 2. The number of thiazole rings is 1. The molecule has 0 aliphatic carbocycles. The lowest BCUT2D eigenvalue weighted by atomic mass is 9.80. The first kappa shape index (κ1) is 25.4. The zero-order valence-electron chi connectivity index (χ0n) is 20.9. The van der Waals surface area contributed by atoms with Gasteiger partial charge in [-0.2, -0.15) is 0 Å². The van der Waals surface area contributed by atoms with Gasteiger partial charge in [-0.1, -0.05) is 66.7 Å². The summed E-state index contributed by atoms with van der Waals surface area (Å²) >= 11 is 1.38. The summed E-state index contributed by atoms with van der Waals surface area (Å²) in [6.07, 6.45) is 6.12. The van der Waals surface area contributed by atoms with Gasteiger partial charge in [0.15, 0.2) is 5.13 Å². The Morgan fingerprint density at radius 3 is 2.53 bits per heavy atom. The van der Waals surface area contributed by atoms with Gasteiger partial charge in [-0.25, -0.2) is 9.97 Å². The molecule has 0 unspecified atom stereocenters. The maximum absolute atomic E-state index is 13.9. The molecule has 1 amide bonds. The summed E-state index contributed by atoms with van der Waals surface area (Å²) in [6, 6.07) is 21.3. The normalized spacial score (nSPS) is 17.6. The lowest BCUT2D eigenvalue weighted by Gasteiger charge is -2.31. The number of aromatic nitrogens is 2. The van der Waals surface area contributed by atoms with Crippen molar-refractivity contribution in [3.63, 3.8) is 0 Å². The number of rotatable bonds is 7. The Kier molecular flexibility index (Phi) is 7.60. The first-order valence-electron chi connectivity index (χ1n) is 12.3. The van der Waals surface area contributed by atoms with Crippen molar-refractivity contribution in [2.75, 3.05) is 18.6 Å². The third kappa shape index (κ3) is 5.35. The molecular weight excluding hydrogens is 498 g/mol. The molecule has 3 heterocycles. The van der Waals surface area contributed by atoms with Crippen LogP contribution in [0.5, 0.6) is 5.88 Å². The van der Waals surface area contributed by atoms with Gasteiger partial charge in [0.2, 0.25) is 11.8 Å². The lowest BCUT2D eigenvalue weighted by Crippen LogP contribution is -2.40. The third-order valence-corrected chi connectivity index (χ3v) is 7.58. The second-order valence-corrected chi connectivity index (χ2v) is 9.86. The fourth-order valence-electron chi connectivity index (χ4n) is 4.84. The third-order valence-electron chi connectivity index (χ3n) is 6.72. The molecule has 0 saturated carbocycles. The Hall–Kier alpha value is -4.30. The van der Waals surface area contributed by atoms with E-state index in [2.05, 4.69) is 4.98 Å². The maximum Gasteiger partial charge on any atom is 0.304 e. The van der Waals surface area contributed by atoms with Crippen LogP contribution in [0.15, 0.2) is 90.5 Å². The van der Waals surface area contributed by atoms with Gasteiger partial charge < -0.3 is 9.84 Å². The van der Waals surface area contributed by atoms with Crippen LogP contribution in [0.1, 0.15) is 24.3 Å². The standard InChI is InChI=1S/C30H27N3O4S/c1-37-27-15-14-21(18-31-27)23-11-5-6-13-24(23)26-19-38-30(32-26)33-16-8-7-12-22(20-9-3-2-4-10-20)25(29(33)36)17-28(34)35/h2-11,13-15,18-19,22,25H,12,16-17H2,1H3,(H,34,35)/t22-,25+/m1/s1. The number of carboxylic acids is 1. The first-order valence-corrected chi connectivity index (χ1v) is 13.2. The minimum absolute atomic E-state index is 0.223. The monoisotopic (exact) mass is 525 g/mol. The molecule has 0 bridgehead atoms. The summed E-state index contributed by atoms with van der Waals surface area (Å²) in [5, 5.41) is 12.2. The van der Waals surface area contributed by atoms with E-state index in [1.165, 1.54) is 11.3 Å². The smallest absolute Gasteiger partial charge is 0.304 e. The lowest BCUT2D eigenvalue weighted by molar-refractivity contribution is -0.141. The Bertz CT molecular complexity index is 1450. The number of allylic oxidation sites excluding steroid dienone is 1. The highest BCUT2D eigenvalue weighted by Gasteiger charge is 2.36. The number of hydrogen-bond donors (Lipinski definition) is 1. The summed E-state index contributed by atoms with van der Waals surface area (Å²) in [4.78, 5) is 36.5. The highest BCUT2D eigenvalue weighted by molar-refractivity contribution is 7.14. The van der Waals surface area contributed by atoms with Crippen molar-refractivity contribution in [3.05, 3.63) is 96.0 Å². The van der Waals surface area contributed by atoms with Gasteiger partial charge in [0.1, 0.15) is 0 Å². The zero-order valence-corrected chi connectivity index (χ0v) is 21.7. The van der Waals surface area contributed by atoms with E-state index in [9.17, 15) is 14.7 Å². The van der Waals surface area contributed by atoms with Gasteiger partial charge in [0.25, 0.3) is 0 Å².